The van der Waals surface area contributed by atoms with Crippen molar-refractivity contribution in [3.8, 4) is 0 Å². The minimum atomic E-state index is -4.18. The zero-order valence-electron chi connectivity index (χ0n) is 17.9. The number of likely N-dealkylation sites (N-methyl/N-ethyl adjacent to an activating group) is 1. The molecule has 1 amide bonds. The van der Waals surface area contributed by atoms with Crippen molar-refractivity contribution in [2.75, 3.05) is 29.6 Å². The first-order valence-electron chi connectivity index (χ1n) is 10.4. The Kier molecular flexibility index (Phi) is 6.87. The van der Waals surface area contributed by atoms with E-state index in [-0.39, 0.29) is 18.9 Å². The second kappa shape index (κ2) is 9.82. The molecule has 0 saturated heterocycles. The summed E-state index contributed by atoms with van der Waals surface area (Å²) in [7, 11) is 1.68. The smallest absolute Gasteiger partial charge is 0.370 e. The van der Waals surface area contributed by atoms with Gasteiger partial charge in [-0.2, -0.15) is 18.3 Å². The monoisotopic (exact) mass is 476 g/mol. The molecule has 11 heteroatoms. The molecule has 0 radical (unpaired) electrons. The van der Waals surface area contributed by atoms with Crippen molar-refractivity contribution in [3.05, 3.63) is 60.3 Å². The first-order chi connectivity index (χ1) is 15.8. The standard InChI is InChI=1S/C22H23F3N6OS/c1-30-16-11-19(26-9-5-8-22(23,24)25)27-12-18(16)33-13-17(21(30)32)31-20(28-14-29-31)10-15-6-3-2-4-7-15/h2-4,6-7,11-12,14,17H,5,8-10,13H2,1H3,(H,26,27)/t17-/m0/s1. The maximum absolute atomic E-state index is 13.4. The van der Waals surface area contributed by atoms with Crippen LogP contribution in [0.5, 0.6) is 0 Å². The number of halogens is 3. The fourth-order valence-corrected chi connectivity index (χ4v) is 4.70. The van der Waals surface area contributed by atoms with Crippen LogP contribution in [0.3, 0.4) is 0 Å². The molecule has 174 valence electrons. The van der Waals surface area contributed by atoms with E-state index in [0.29, 0.717) is 29.5 Å². The Labute approximate surface area is 193 Å². The molecule has 2 aromatic heterocycles. The summed E-state index contributed by atoms with van der Waals surface area (Å²) in [4.78, 5) is 24.4. The molecular formula is C22H23F3N6OS. The predicted octanol–water partition coefficient (Wildman–Crippen LogP) is 4.33. The van der Waals surface area contributed by atoms with Crippen molar-refractivity contribution in [1.82, 2.24) is 19.7 Å². The summed E-state index contributed by atoms with van der Waals surface area (Å²) < 4.78 is 38.7. The Morgan fingerprint density at radius 1 is 1.21 bits per heavy atom. The highest BCUT2D eigenvalue weighted by Gasteiger charge is 2.32. The van der Waals surface area contributed by atoms with E-state index in [1.54, 1.807) is 28.9 Å². The second-order valence-corrected chi connectivity index (χ2v) is 8.75. The number of alkyl halides is 3. The van der Waals surface area contributed by atoms with Gasteiger partial charge < -0.3 is 10.2 Å². The quantitative estimate of drug-likeness (QED) is 0.512. The lowest BCUT2D eigenvalue weighted by molar-refractivity contribution is -0.134. The van der Waals surface area contributed by atoms with E-state index in [0.717, 1.165) is 10.5 Å². The molecule has 0 spiro atoms. The Morgan fingerprint density at radius 2 is 2.00 bits per heavy atom. The molecule has 0 saturated carbocycles. The number of hydrogen-bond acceptors (Lipinski definition) is 6. The van der Waals surface area contributed by atoms with Gasteiger partial charge in [0.05, 0.1) is 5.69 Å². The van der Waals surface area contributed by atoms with Gasteiger partial charge >= 0.3 is 6.18 Å². The fraction of sp³-hybridized carbons (Fsp3) is 0.364. The highest BCUT2D eigenvalue weighted by atomic mass is 32.2. The predicted molar refractivity (Wildman–Crippen MR) is 120 cm³/mol. The number of amides is 1. The van der Waals surface area contributed by atoms with Crippen LogP contribution in [-0.2, 0) is 11.2 Å². The SMILES string of the molecule is CN1C(=O)[C@@H](n2ncnc2Cc2ccccc2)CSc2cnc(NCCCC(F)(F)F)cc21. The molecular weight excluding hydrogens is 453 g/mol. The van der Waals surface area contributed by atoms with E-state index in [1.165, 1.54) is 18.1 Å². The molecule has 1 aromatic carbocycles. The molecule has 0 aliphatic carbocycles. The fourth-order valence-electron chi connectivity index (χ4n) is 3.60. The van der Waals surface area contributed by atoms with Gasteiger partial charge in [-0.1, -0.05) is 30.3 Å². The third-order valence-corrected chi connectivity index (χ3v) is 6.42. The molecule has 0 bridgehead atoms. The number of benzene rings is 1. The summed E-state index contributed by atoms with van der Waals surface area (Å²) in [6.45, 7) is 0.139. The van der Waals surface area contributed by atoms with Gasteiger partial charge in [-0.15, -0.1) is 11.8 Å². The first-order valence-corrected chi connectivity index (χ1v) is 11.4. The van der Waals surface area contributed by atoms with Crippen LogP contribution >= 0.6 is 11.8 Å². The van der Waals surface area contributed by atoms with Crippen molar-refractivity contribution in [3.63, 3.8) is 0 Å². The van der Waals surface area contributed by atoms with Crippen LogP contribution in [0.25, 0.3) is 0 Å². The number of fused-ring (bicyclic) bond motifs is 1. The number of nitrogens with zero attached hydrogens (tertiary/aromatic N) is 5. The number of carbonyl (C=O) groups is 1. The minimum Gasteiger partial charge on any atom is -0.370 e. The molecule has 1 atom stereocenters. The zero-order chi connectivity index (χ0) is 23.4. The second-order valence-electron chi connectivity index (χ2n) is 7.69. The average molecular weight is 477 g/mol. The summed E-state index contributed by atoms with van der Waals surface area (Å²) in [5, 5.41) is 7.25. The summed E-state index contributed by atoms with van der Waals surface area (Å²) in [5.74, 6) is 1.45. The number of hydrogen-bond donors (Lipinski definition) is 1. The third-order valence-electron chi connectivity index (χ3n) is 5.31. The molecule has 0 fully saturated rings. The van der Waals surface area contributed by atoms with Crippen LogP contribution in [0.1, 0.15) is 30.3 Å². The Balaban J connectivity index is 1.49. The van der Waals surface area contributed by atoms with Crippen LogP contribution in [0, 0.1) is 0 Å². The van der Waals surface area contributed by atoms with Gasteiger partial charge in [-0.3, -0.25) is 4.79 Å². The van der Waals surface area contributed by atoms with E-state index < -0.39 is 18.6 Å². The summed E-state index contributed by atoms with van der Waals surface area (Å²) in [6, 6.07) is 11.0. The number of aromatic nitrogens is 4. The van der Waals surface area contributed by atoms with E-state index >= 15 is 0 Å². The third kappa shape index (κ3) is 5.65. The summed E-state index contributed by atoms with van der Waals surface area (Å²) >= 11 is 1.49. The van der Waals surface area contributed by atoms with Crippen molar-refractivity contribution in [2.45, 2.75) is 36.4 Å². The molecule has 3 aromatic rings. The maximum Gasteiger partial charge on any atom is 0.389 e. The molecule has 1 N–H and O–H groups in total. The molecule has 7 nitrogen and oxygen atoms in total. The number of rotatable bonds is 7. The Morgan fingerprint density at radius 3 is 2.76 bits per heavy atom. The van der Waals surface area contributed by atoms with Crippen LogP contribution in [0.4, 0.5) is 24.7 Å². The number of nitrogens with one attached hydrogen (secondary N) is 1. The number of thioether (sulfide) groups is 1. The average Bonchev–Trinajstić information content (AvgIpc) is 3.20. The highest BCUT2D eigenvalue weighted by Crippen LogP contribution is 2.37. The van der Waals surface area contributed by atoms with Gasteiger partial charge in [0, 0.05) is 49.3 Å². The largest absolute Gasteiger partial charge is 0.389 e. The van der Waals surface area contributed by atoms with Crippen LogP contribution in [0.15, 0.2) is 53.8 Å². The minimum absolute atomic E-state index is 0.0512. The molecule has 1 aliphatic rings. The van der Waals surface area contributed by atoms with Gasteiger partial charge in [-0.05, 0) is 12.0 Å². The van der Waals surface area contributed by atoms with Crippen molar-refractivity contribution in [1.29, 1.82) is 0 Å². The topological polar surface area (TPSA) is 75.9 Å². The van der Waals surface area contributed by atoms with Gasteiger partial charge in [0.2, 0.25) is 0 Å². The lowest BCUT2D eigenvalue weighted by Crippen LogP contribution is -2.35. The van der Waals surface area contributed by atoms with Crippen molar-refractivity contribution >= 4 is 29.2 Å². The number of pyridine rings is 1. The molecule has 3 heterocycles. The zero-order valence-corrected chi connectivity index (χ0v) is 18.7. The maximum atomic E-state index is 13.4. The molecule has 4 rings (SSSR count). The number of carbonyl (C=O) groups excluding carboxylic acids is 1. The molecule has 0 unspecified atom stereocenters. The lowest BCUT2D eigenvalue weighted by Gasteiger charge is -2.22. The normalized spacial score (nSPS) is 16.4. The van der Waals surface area contributed by atoms with Crippen molar-refractivity contribution < 1.29 is 18.0 Å². The molecule has 1 aliphatic heterocycles. The summed E-state index contributed by atoms with van der Waals surface area (Å²) in [6.07, 6.45) is -1.43. The van der Waals surface area contributed by atoms with Crippen LogP contribution in [-0.4, -0.2) is 51.2 Å². The first kappa shape index (κ1) is 23.1. The van der Waals surface area contributed by atoms with E-state index in [1.807, 2.05) is 30.3 Å². The number of anilines is 2. The Bertz CT molecular complexity index is 1110. The van der Waals surface area contributed by atoms with Crippen molar-refractivity contribution in [2.24, 2.45) is 0 Å². The van der Waals surface area contributed by atoms with Gasteiger partial charge in [0.1, 0.15) is 24.0 Å². The summed E-state index contributed by atoms with van der Waals surface area (Å²) in [5.41, 5.74) is 1.73. The van der Waals surface area contributed by atoms with Gasteiger partial charge in [-0.25, -0.2) is 14.6 Å². The van der Waals surface area contributed by atoms with Gasteiger partial charge in [0.25, 0.3) is 5.91 Å². The lowest BCUT2D eigenvalue weighted by atomic mass is 10.1. The van der Waals surface area contributed by atoms with Crippen LogP contribution < -0.4 is 10.2 Å². The van der Waals surface area contributed by atoms with Crippen LogP contribution in [0.2, 0.25) is 0 Å². The molecule has 33 heavy (non-hydrogen) atoms. The van der Waals surface area contributed by atoms with E-state index in [2.05, 4.69) is 20.4 Å². The Hall–Kier alpha value is -3.08. The van der Waals surface area contributed by atoms with E-state index in [4.69, 9.17) is 0 Å². The van der Waals surface area contributed by atoms with E-state index in [9.17, 15) is 18.0 Å². The highest BCUT2D eigenvalue weighted by molar-refractivity contribution is 7.99. The van der Waals surface area contributed by atoms with Gasteiger partial charge in [0.15, 0.2) is 0 Å².